The van der Waals surface area contributed by atoms with E-state index in [-0.39, 0.29) is 11.8 Å². The van der Waals surface area contributed by atoms with Crippen LogP contribution < -0.4 is 15.8 Å². The number of piperidine rings is 1. The first-order chi connectivity index (χ1) is 12.1. The predicted octanol–water partition coefficient (Wildman–Crippen LogP) is 1.81. The van der Waals surface area contributed by atoms with E-state index in [1.807, 2.05) is 4.90 Å². The van der Waals surface area contributed by atoms with Gasteiger partial charge in [-0.15, -0.1) is 0 Å². The second-order valence-corrected chi connectivity index (χ2v) is 6.24. The Morgan fingerprint density at radius 1 is 1.24 bits per heavy atom. The molecule has 1 aromatic carbocycles. The van der Waals surface area contributed by atoms with E-state index in [0.717, 1.165) is 25.2 Å². The van der Waals surface area contributed by atoms with Crippen molar-refractivity contribution in [2.45, 2.75) is 12.8 Å². The average Bonchev–Trinajstić information content (AvgIpc) is 2.66. The number of halogens is 1. The minimum Gasteiger partial charge on any atom is -0.355 e. The summed E-state index contributed by atoms with van der Waals surface area (Å²) < 4.78 is 0. The van der Waals surface area contributed by atoms with Crippen molar-refractivity contribution >= 4 is 29.2 Å². The molecule has 1 unspecified atom stereocenters. The van der Waals surface area contributed by atoms with Crippen LogP contribution in [-0.4, -0.2) is 34.9 Å². The number of carbonyl (C=O) groups excluding carboxylic acids is 2. The van der Waals surface area contributed by atoms with E-state index in [9.17, 15) is 9.59 Å². The fourth-order valence-electron chi connectivity index (χ4n) is 2.78. The van der Waals surface area contributed by atoms with Gasteiger partial charge in [0.05, 0.1) is 12.1 Å². The first-order valence-corrected chi connectivity index (χ1v) is 8.38. The van der Waals surface area contributed by atoms with Gasteiger partial charge in [0.1, 0.15) is 5.82 Å². The number of nitrogens with zero attached hydrogens (tertiary/aromatic N) is 3. The van der Waals surface area contributed by atoms with E-state index in [2.05, 4.69) is 20.8 Å². The summed E-state index contributed by atoms with van der Waals surface area (Å²) in [6.45, 7) is 1.37. The van der Waals surface area contributed by atoms with E-state index in [4.69, 9.17) is 11.6 Å². The average molecular weight is 360 g/mol. The van der Waals surface area contributed by atoms with Gasteiger partial charge in [0, 0.05) is 36.1 Å². The number of amides is 2. The molecule has 1 aliphatic heterocycles. The van der Waals surface area contributed by atoms with Gasteiger partial charge in [-0.3, -0.25) is 25.4 Å². The van der Waals surface area contributed by atoms with Gasteiger partial charge in [-0.1, -0.05) is 17.7 Å². The van der Waals surface area contributed by atoms with Crippen LogP contribution in [-0.2, 0) is 4.79 Å². The second kappa shape index (κ2) is 7.94. The molecule has 0 spiro atoms. The van der Waals surface area contributed by atoms with Crippen LogP contribution in [0.25, 0.3) is 0 Å². The quantitative estimate of drug-likeness (QED) is 0.816. The summed E-state index contributed by atoms with van der Waals surface area (Å²) in [5.74, 6) is -0.0974. The van der Waals surface area contributed by atoms with Crippen molar-refractivity contribution in [3.8, 4) is 0 Å². The fourth-order valence-corrected chi connectivity index (χ4v) is 2.97. The number of anilines is 1. The van der Waals surface area contributed by atoms with Gasteiger partial charge in [0.25, 0.3) is 5.91 Å². The normalized spacial score (nSPS) is 17.0. The number of hydrazine groups is 1. The summed E-state index contributed by atoms with van der Waals surface area (Å²) in [5.41, 5.74) is 5.32. The van der Waals surface area contributed by atoms with Gasteiger partial charge in [-0.25, -0.2) is 4.98 Å². The second-order valence-electron chi connectivity index (χ2n) is 5.80. The predicted molar refractivity (Wildman–Crippen MR) is 94.0 cm³/mol. The summed E-state index contributed by atoms with van der Waals surface area (Å²) in [7, 11) is 0. The maximum Gasteiger partial charge on any atom is 0.269 e. The number of hydrogen-bond donors (Lipinski definition) is 2. The van der Waals surface area contributed by atoms with Crippen LogP contribution in [0.1, 0.15) is 23.2 Å². The standard InChI is InChI=1S/C17H18ClN5O2/c18-14-5-1-3-12(9-14)16(24)21-22-17(25)13-4-2-8-23(11-13)15-10-19-6-7-20-15/h1,3,5-7,9-10,13H,2,4,8,11H2,(H,21,24)(H,22,25). The van der Waals surface area contributed by atoms with Crippen LogP contribution in [0.15, 0.2) is 42.9 Å². The third kappa shape index (κ3) is 4.45. The van der Waals surface area contributed by atoms with Crippen molar-refractivity contribution in [3.63, 3.8) is 0 Å². The molecule has 7 nitrogen and oxygen atoms in total. The smallest absolute Gasteiger partial charge is 0.269 e. The van der Waals surface area contributed by atoms with Gasteiger partial charge in [-0.2, -0.15) is 0 Å². The highest BCUT2D eigenvalue weighted by Gasteiger charge is 2.26. The first-order valence-electron chi connectivity index (χ1n) is 8.00. The van der Waals surface area contributed by atoms with Crippen LogP contribution in [0.2, 0.25) is 5.02 Å². The summed E-state index contributed by atoms with van der Waals surface area (Å²) in [6.07, 6.45) is 6.56. The number of carbonyl (C=O) groups is 2. The fraction of sp³-hybridized carbons (Fsp3) is 0.294. The monoisotopic (exact) mass is 359 g/mol. The van der Waals surface area contributed by atoms with Crippen molar-refractivity contribution in [1.82, 2.24) is 20.8 Å². The Bertz CT molecular complexity index is 756. The van der Waals surface area contributed by atoms with E-state index in [1.165, 1.54) is 0 Å². The lowest BCUT2D eigenvalue weighted by Crippen LogP contribution is -2.49. The molecule has 130 valence electrons. The number of rotatable bonds is 3. The molecule has 0 radical (unpaired) electrons. The zero-order chi connectivity index (χ0) is 17.6. The van der Waals surface area contributed by atoms with Crippen molar-refractivity contribution in [3.05, 3.63) is 53.4 Å². The molecule has 2 aromatic rings. The van der Waals surface area contributed by atoms with E-state index in [1.54, 1.807) is 42.9 Å². The van der Waals surface area contributed by atoms with Crippen LogP contribution in [0.4, 0.5) is 5.82 Å². The minimum absolute atomic E-state index is 0.219. The summed E-state index contributed by atoms with van der Waals surface area (Å²) in [4.78, 5) is 34.8. The largest absolute Gasteiger partial charge is 0.355 e. The Morgan fingerprint density at radius 3 is 2.88 bits per heavy atom. The lowest BCUT2D eigenvalue weighted by atomic mass is 9.97. The summed E-state index contributed by atoms with van der Waals surface area (Å²) in [5, 5.41) is 0.464. The molecular formula is C17H18ClN5O2. The Labute approximate surface area is 150 Å². The van der Waals surface area contributed by atoms with Crippen LogP contribution >= 0.6 is 11.6 Å². The Hall–Kier alpha value is -2.67. The first kappa shape index (κ1) is 17.2. The maximum atomic E-state index is 12.4. The number of aromatic nitrogens is 2. The van der Waals surface area contributed by atoms with Crippen molar-refractivity contribution in [1.29, 1.82) is 0 Å². The molecular weight excluding hydrogens is 342 g/mol. The molecule has 1 aromatic heterocycles. The molecule has 0 bridgehead atoms. The van der Waals surface area contributed by atoms with E-state index >= 15 is 0 Å². The molecule has 0 saturated carbocycles. The molecule has 3 rings (SSSR count). The molecule has 1 fully saturated rings. The molecule has 2 amide bonds. The van der Waals surface area contributed by atoms with Gasteiger partial charge >= 0.3 is 0 Å². The topological polar surface area (TPSA) is 87.2 Å². The molecule has 8 heteroatoms. The zero-order valence-corrected chi connectivity index (χ0v) is 14.2. The van der Waals surface area contributed by atoms with Gasteiger partial charge in [0.15, 0.2) is 0 Å². The lowest BCUT2D eigenvalue weighted by molar-refractivity contribution is -0.126. The third-order valence-corrected chi connectivity index (χ3v) is 4.29. The highest BCUT2D eigenvalue weighted by Crippen LogP contribution is 2.20. The molecule has 1 aliphatic rings. The SMILES string of the molecule is O=C(NNC(=O)C1CCCN(c2cnccn2)C1)c1cccc(Cl)c1. The highest BCUT2D eigenvalue weighted by atomic mass is 35.5. The molecule has 2 heterocycles. The maximum absolute atomic E-state index is 12.4. The van der Waals surface area contributed by atoms with Gasteiger partial charge in [-0.05, 0) is 31.0 Å². The Kier molecular flexibility index (Phi) is 5.45. The molecule has 25 heavy (non-hydrogen) atoms. The van der Waals surface area contributed by atoms with Crippen LogP contribution in [0.5, 0.6) is 0 Å². The van der Waals surface area contributed by atoms with Crippen molar-refractivity contribution < 1.29 is 9.59 Å². The summed E-state index contributed by atoms with van der Waals surface area (Å²) in [6, 6.07) is 6.53. The van der Waals surface area contributed by atoms with Crippen molar-refractivity contribution in [2.24, 2.45) is 5.92 Å². The number of nitrogens with one attached hydrogen (secondary N) is 2. The molecule has 1 saturated heterocycles. The van der Waals surface area contributed by atoms with Crippen LogP contribution in [0.3, 0.4) is 0 Å². The number of hydrogen-bond acceptors (Lipinski definition) is 5. The number of benzene rings is 1. The summed E-state index contributed by atoms with van der Waals surface area (Å²) >= 11 is 5.86. The van der Waals surface area contributed by atoms with E-state index < -0.39 is 5.91 Å². The van der Waals surface area contributed by atoms with Gasteiger partial charge < -0.3 is 4.90 Å². The molecule has 2 N–H and O–H groups in total. The zero-order valence-electron chi connectivity index (χ0n) is 13.5. The third-order valence-electron chi connectivity index (χ3n) is 4.05. The highest BCUT2D eigenvalue weighted by molar-refractivity contribution is 6.30. The lowest BCUT2D eigenvalue weighted by Gasteiger charge is -2.32. The molecule has 0 aliphatic carbocycles. The van der Waals surface area contributed by atoms with Crippen molar-refractivity contribution in [2.75, 3.05) is 18.0 Å². The minimum atomic E-state index is -0.405. The molecule has 1 atom stereocenters. The Balaban J connectivity index is 1.55. The van der Waals surface area contributed by atoms with Crippen LogP contribution in [0, 0.1) is 5.92 Å². The Morgan fingerprint density at radius 2 is 2.12 bits per heavy atom. The van der Waals surface area contributed by atoms with Gasteiger partial charge in [0.2, 0.25) is 5.91 Å². The van der Waals surface area contributed by atoms with E-state index in [0.29, 0.717) is 17.1 Å².